The molecule has 0 unspecified atom stereocenters. The molecule has 1 aliphatic rings. The van der Waals surface area contributed by atoms with Crippen LogP contribution in [0.2, 0.25) is 0 Å². The van der Waals surface area contributed by atoms with Gasteiger partial charge in [-0.05, 0) is 36.2 Å². The van der Waals surface area contributed by atoms with Crippen molar-refractivity contribution in [1.29, 1.82) is 0 Å². The fraction of sp³-hybridized carbons (Fsp3) is 0.684. The summed E-state index contributed by atoms with van der Waals surface area (Å²) in [7, 11) is 0. The zero-order valence-electron chi connectivity index (χ0n) is 13.9. The molecule has 0 bridgehead atoms. The minimum absolute atomic E-state index is 0.766. The molecule has 1 aromatic carbocycles. The highest BCUT2D eigenvalue weighted by molar-refractivity contribution is 5.14. The Bertz CT molecular complexity index is 280. The van der Waals surface area contributed by atoms with E-state index in [2.05, 4.69) is 58.0 Å². The molecule has 1 saturated carbocycles. The van der Waals surface area contributed by atoms with Crippen LogP contribution >= 0.6 is 0 Å². The van der Waals surface area contributed by atoms with Gasteiger partial charge in [-0.15, -0.1) is 0 Å². The molecule has 2 rings (SSSR count). The van der Waals surface area contributed by atoms with E-state index in [1.807, 2.05) is 13.8 Å². The van der Waals surface area contributed by atoms with Crippen LogP contribution in [0, 0.1) is 17.8 Å². The Kier molecular flexibility index (Phi) is 10.6. The van der Waals surface area contributed by atoms with Crippen molar-refractivity contribution in [3.8, 4) is 0 Å². The van der Waals surface area contributed by atoms with Crippen molar-refractivity contribution >= 4 is 0 Å². The van der Waals surface area contributed by atoms with Crippen LogP contribution in [-0.2, 0) is 6.42 Å². The monoisotopic (exact) mass is 262 g/mol. The summed E-state index contributed by atoms with van der Waals surface area (Å²) in [6.45, 7) is 13.1. The van der Waals surface area contributed by atoms with Gasteiger partial charge in [0.1, 0.15) is 0 Å². The van der Waals surface area contributed by atoms with E-state index in [0.717, 1.165) is 17.8 Å². The number of hydrogen-bond donors (Lipinski definition) is 0. The van der Waals surface area contributed by atoms with Crippen molar-refractivity contribution in [2.24, 2.45) is 17.8 Å². The summed E-state index contributed by atoms with van der Waals surface area (Å²) in [5.41, 5.74) is 1.44. The summed E-state index contributed by atoms with van der Waals surface area (Å²) in [5.74, 6) is 2.83. The first-order valence-corrected chi connectivity index (χ1v) is 8.11. The molecule has 0 heteroatoms. The Morgan fingerprint density at radius 1 is 0.895 bits per heavy atom. The Labute approximate surface area is 121 Å². The molecule has 0 heterocycles. The van der Waals surface area contributed by atoms with Crippen LogP contribution in [0.3, 0.4) is 0 Å². The van der Waals surface area contributed by atoms with E-state index in [1.165, 1.54) is 31.2 Å². The third kappa shape index (κ3) is 12.0. The molecule has 0 aliphatic heterocycles. The van der Waals surface area contributed by atoms with E-state index in [-0.39, 0.29) is 0 Å². The number of hydrogen-bond acceptors (Lipinski definition) is 0. The van der Waals surface area contributed by atoms with Gasteiger partial charge in [-0.2, -0.15) is 0 Å². The van der Waals surface area contributed by atoms with Gasteiger partial charge in [-0.3, -0.25) is 0 Å². The fourth-order valence-electron chi connectivity index (χ4n) is 2.11. The van der Waals surface area contributed by atoms with Crippen LogP contribution in [0.4, 0.5) is 0 Å². The highest BCUT2D eigenvalue weighted by atomic mass is 14.3. The van der Waals surface area contributed by atoms with Gasteiger partial charge in [0, 0.05) is 0 Å². The molecule has 1 aromatic rings. The molecule has 0 radical (unpaired) electrons. The fourth-order valence-corrected chi connectivity index (χ4v) is 2.11. The summed E-state index contributed by atoms with van der Waals surface area (Å²) in [4.78, 5) is 0. The second-order valence-electron chi connectivity index (χ2n) is 6.16. The van der Waals surface area contributed by atoms with Gasteiger partial charge in [0.25, 0.3) is 0 Å². The van der Waals surface area contributed by atoms with Gasteiger partial charge in [0.15, 0.2) is 0 Å². The van der Waals surface area contributed by atoms with E-state index < -0.39 is 0 Å². The molecular formula is C19H34. The van der Waals surface area contributed by atoms with Gasteiger partial charge in [-0.25, -0.2) is 0 Å². The number of rotatable bonds is 4. The summed E-state index contributed by atoms with van der Waals surface area (Å²) in [6, 6.07) is 10.6. The van der Waals surface area contributed by atoms with Crippen LogP contribution in [0.1, 0.15) is 66.4 Å². The van der Waals surface area contributed by atoms with E-state index in [9.17, 15) is 0 Å². The summed E-state index contributed by atoms with van der Waals surface area (Å²) < 4.78 is 0. The van der Waals surface area contributed by atoms with Crippen molar-refractivity contribution < 1.29 is 0 Å². The smallest absolute Gasteiger partial charge is 0.0256 e. The van der Waals surface area contributed by atoms with Crippen molar-refractivity contribution in [2.45, 2.75) is 67.2 Å². The predicted molar refractivity (Wildman–Crippen MR) is 88.5 cm³/mol. The van der Waals surface area contributed by atoms with Gasteiger partial charge >= 0.3 is 0 Å². The minimum Gasteiger partial charge on any atom is -0.0683 e. The molecule has 0 atom stereocenters. The second-order valence-corrected chi connectivity index (χ2v) is 6.16. The molecule has 0 spiro atoms. The largest absolute Gasteiger partial charge is 0.0683 e. The first-order chi connectivity index (χ1) is 9.08. The molecule has 1 aliphatic carbocycles. The highest BCUT2D eigenvalue weighted by Gasteiger charge is 2.21. The summed E-state index contributed by atoms with van der Waals surface area (Å²) >= 11 is 0. The Morgan fingerprint density at radius 3 is 1.74 bits per heavy atom. The maximum Gasteiger partial charge on any atom is -0.0256 e. The molecular weight excluding hydrogens is 228 g/mol. The Hall–Kier alpha value is -0.780. The maximum absolute atomic E-state index is 2.30. The van der Waals surface area contributed by atoms with Crippen molar-refractivity contribution in [3.63, 3.8) is 0 Å². The highest BCUT2D eigenvalue weighted by Crippen LogP contribution is 2.34. The predicted octanol–water partition coefficient (Wildman–Crippen LogP) is 6.35. The van der Waals surface area contributed by atoms with Gasteiger partial charge in [0.05, 0.1) is 0 Å². The Balaban J connectivity index is 0.000000316. The molecule has 0 amide bonds. The topological polar surface area (TPSA) is 0 Å². The molecule has 0 nitrogen and oxygen atoms in total. The van der Waals surface area contributed by atoms with E-state index >= 15 is 0 Å². The lowest BCUT2D eigenvalue weighted by Crippen LogP contribution is -1.92. The van der Waals surface area contributed by atoms with Crippen molar-refractivity contribution in [2.75, 3.05) is 0 Å². The first-order valence-electron chi connectivity index (χ1n) is 8.11. The summed E-state index contributed by atoms with van der Waals surface area (Å²) in [6.07, 6.45) is 5.69. The van der Waals surface area contributed by atoms with Crippen LogP contribution < -0.4 is 0 Å². The zero-order valence-corrected chi connectivity index (χ0v) is 13.9. The lowest BCUT2D eigenvalue weighted by molar-refractivity contribution is 0.541. The van der Waals surface area contributed by atoms with E-state index in [1.54, 1.807) is 0 Å². The molecule has 19 heavy (non-hydrogen) atoms. The van der Waals surface area contributed by atoms with Gasteiger partial charge < -0.3 is 0 Å². The molecule has 1 fully saturated rings. The normalized spacial score (nSPS) is 13.5. The zero-order chi connectivity index (χ0) is 14.7. The average molecular weight is 262 g/mol. The van der Waals surface area contributed by atoms with E-state index in [0.29, 0.717) is 0 Å². The van der Waals surface area contributed by atoms with Crippen LogP contribution in [-0.4, -0.2) is 0 Å². The molecule has 0 saturated heterocycles. The lowest BCUT2D eigenvalue weighted by atomic mass is 10.0. The SMILES string of the molecule is CC.CC(C)CC1CC1.CC(C)Cc1ccccc1. The molecule has 110 valence electrons. The third-order valence-electron chi connectivity index (χ3n) is 2.99. The van der Waals surface area contributed by atoms with Crippen LogP contribution in [0.5, 0.6) is 0 Å². The second kappa shape index (κ2) is 11.1. The minimum atomic E-state index is 0.766. The standard InChI is InChI=1S/C10H14.C7H14.C2H6/c1-9(2)8-10-6-4-3-5-7-10;1-6(2)5-7-3-4-7;1-2/h3-7,9H,8H2,1-2H3;6-7H,3-5H2,1-2H3;1-2H3. The van der Waals surface area contributed by atoms with Gasteiger partial charge in [-0.1, -0.05) is 84.7 Å². The van der Waals surface area contributed by atoms with Crippen LogP contribution in [0.15, 0.2) is 30.3 Å². The quantitative estimate of drug-likeness (QED) is 0.592. The average Bonchev–Trinajstić information content (AvgIpc) is 3.16. The first kappa shape index (κ1) is 18.2. The van der Waals surface area contributed by atoms with Crippen LogP contribution in [0.25, 0.3) is 0 Å². The van der Waals surface area contributed by atoms with Crippen molar-refractivity contribution in [1.82, 2.24) is 0 Å². The van der Waals surface area contributed by atoms with Crippen molar-refractivity contribution in [3.05, 3.63) is 35.9 Å². The molecule has 0 N–H and O–H groups in total. The Morgan fingerprint density at radius 2 is 1.42 bits per heavy atom. The lowest BCUT2D eigenvalue weighted by Gasteiger charge is -2.02. The molecule has 0 aromatic heterocycles. The summed E-state index contributed by atoms with van der Waals surface area (Å²) in [5, 5.41) is 0. The number of benzene rings is 1. The van der Waals surface area contributed by atoms with Gasteiger partial charge in [0.2, 0.25) is 0 Å². The maximum atomic E-state index is 2.30. The van der Waals surface area contributed by atoms with E-state index in [4.69, 9.17) is 0 Å². The third-order valence-corrected chi connectivity index (χ3v) is 2.99.